The number of anilines is 2. The lowest BCUT2D eigenvalue weighted by Crippen LogP contribution is -2.33. The number of fused-ring (bicyclic) bond motifs is 1. The highest BCUT2D eigenvalue weighted by atomic mass is 16.2. The van der Waals surface area contributed by atoms with E-state index in [9.17, 15) is 19.2 Å². The Morgan fingerprint density at radius 1 is 0.857 bits per heavy atom. The minimum atomic E-state index is -0.880. The lowest BCUT2D eigenvalue weighted by atomic mass is 10.1. The fourth-order valence-corrected chi connectivity index (χ4v) is 3.85. The lowest BCUT2D eigenvalue weighted by Gasteiger charge is -2.19. The molecule has 0 spiro atoms. The van der Waals surface area contributed by atoms with E-state index in [1.807, 2.05) is 0 Å². The molecule has 2 N–H and O–H groups in total. The van der Waals surface area contributed by atoms with Gasteiger partial charge >= 0.3 is 0 Å². The average Bonchev–Trinajstić information content (AvgIpc) is 2.83. The van der Waals surface area contributed by atoms with Crippen molar-refractivity contribution in [2.24, 2.45) is 0 Å². The second-order valence-corrected chi connectivity index (χ2v) is 8.15. The molecule has 0 radical (unpaired) electrons. The van der Waals surface area contributed by atoms with Gasteiger partial charge in [-0.3, -0.25) is 23.7 Å². The molecule has 0 bridgehead atoms. The number of benzene rings is 3. The van der Waals surface area contributed by atoms with Crippen molar-refractivity contribution < 1.29 is 14.4 Å². The van der Waals surface area contributed by atoms with Gasteiger partial charge < -0.3 is 10.6 Å². The minimum Gasteiger partial charge on any atom is -0.326 e. The molecule has 0 aliphatic carbocycles. The van der Waals surface area contributed by atoms with Crippen molar-refractivity contribution >= 4 is 40.0 Å². The van der Waals surface area contributed by atoms with Crippen molar-refractivity contribution in [1.29, 1.82) is 0 Å². The van der Waals surface area contributed by atoms with Gasteiger partial charge in [-0.05, 0) is 56.3 Å². The smallest absolute Gasteiger partial charge is 0.278 e. The van der Waals surface area contributed by atoms with Crippen molar-refractivity contribution in [3.8, 4) is 11.3 Å². The molecule has 4 rings (SSSR count). The number of nitrogens with zero attached hydrogens (tertiary/aromatic N) is 2. The van der Waals surface area contributed by atoms with E-state index < -0.39 is 17.5 Å². The second kappa shape index (κ2) is 9.72. The Bertz CT molecular complexity index is 1510. The van der Waals surface area contributed by atoms with E-state index in [2.05, 4.69) is 15.6 Å². The van der Waals surface area contributed by atoms with Crippen molar-refractivity contribution in [2.45, 2.75) is 26.8 Å². The quantitative estimate of drug-likeness (QED) is 0.407. The van der Waals surface area contributed by atoms with Crippen LogP contribution >= 0.6 is 0 Å². The summed E-state index contributed by atoms with van der Waals surface area (Å²) in [6, 6.07) is 19.6. The Morgan fingerprint density at radius 3 is 2.20 bits per heavy atom. The van der Waals surface area contributed by atoms with Crippen LogP contribution in [0.15, 0.2) is 77.6 Å². The van der Waals surface area contributed by atoms with Crippen LogP contribution in [0.25, 0.3) is 22.3 Å². The number of hydrogen-bond donors (Lipinski definition) is 2. The molecule has 3 aromatic carbocycles. The number of hydrogen-bond acceptors (Lipinski definition) is 5. The third kappa shape index (κ3) is 4.86. The molecule has 8 heteroatoms. The molecule has 2 amide bonds. The second-order valence-electron chi connectivity index (χ2n) is 8.15. The number of aromatic nitrogens is 2. The van der Waals surface area contributed by atoms with Crippen LogP contribution in [-0.2, 0) is 9.59 Å². The Kier molecular flexibility index (Phi) is 6.55. The van der Waals surface area contributed by atoms with Gasteiger partial charge in [0.1, 0.15) is 11.7 Å². The van der Waals surface area contributed by atoms with Gasteiger partial charge in [-0.25, -0.2) is 4.98 Å². The molecule has 176 valence electrons. The predicted molar refractivity (Wildman–Crippen MR) is 136 cm³/mol. The average molecular weight is 469 g/mol. The number of amides is 2. The van der Waals surface area contributed by atoms with Gasteiger partial charge in [-0.15, -0.1) is 0 Å². The van der Waals surface area contributed by atoms with Crippen LogP contribution in [-0.4, -0.2) is 27.1 Å². The van der Waals surface area contributed by atoms with E-state index in [-0.39, 0.29) is 17.4 Å². The van der Waals surface area contributed by atoms with Crippen LogP contribution in [0.3, 0.4) is 0 Å². The third-order valence-electron chi connectivity index (χ3n) is 5.61. The fourth-order valence-electron chi connectivity index (χ4n) is 3.85. The Labute approximate surface area is 201 Å². The summed E-state index contributed by atoms with van der Waals surface area (Å²) in [5, 5.41) is 5.54. The van der Waals surface area contributed by atoms with Crippen LogP contribution in [0.2, 0.25) is 0 Å². The summed E-state index contributed by atoms with van der Waals surface area (Å²) >= 11 is 0. The van der Waals surface area contributed by atoms with Crippen LogP contribution in [0.5, 0.6) is 0 Å². The third-order valence-corrected chi connectivity index (χ3v) is 5.61. The predicted octanol–water partition coefficient (Wildman–Crippen LogP) is 4.42. The molecule has 35 heavy (non-hydrogen) atoms. The molecule has 8 nitrogen and oxygen atoms in total. The zero-order chi connectivity index (χ0) is 25.1. The molecular weight excluding hydrogens is 444 g/mol. The minimum absolute atomic E-state index is 0.0712. The van der Waals surface area contributed by atoms with Crippen molar-refractivity contribution in [3.63, 3.8) is 0 Å². The number of rotatable bonds is 6. The molecule has 0 aliphatic rings. The fraction of sp³-hybridized carbons (Fsp3) is 0.148. The largest absolute Gasteiger partial charge is 0.326 e. The number of carbonyl (C=O) groups excluding carboxylic acids is 3. The summed E-state index contributed by atoms with van der Waals surface area (Å²) in [4.78, 5) is 54.7. The van der Waals surface area contributed by atoms with Gasteiger partial charge in [0.25, 0.3) is 5.56 Å². The van der Waals surface area contributed by atoms with Crippen LogP contribution in [0.1, 0.15) is 37.2 Å². The standard InChI is InChI=1S/C27H24N4O4/c1-16(26(34)29-20-14-12-19(13-15-20)17(2)32)31-24-11-7-6-10-23(24)30-25(27(31)35)21-8-4-5-9-22(21)28-18(3)33/h4-16H,1-3H3,(H,28,33)(H,29,34)/t16-/m0/s1. The van der Waals surface area contributed by atoms with Crippen LogP contribution in [0, 0.1) is 0 Å². The summed E-state index contributed by atoms with van der Waals surface area (Å²) in [5.41, 5.74) is 2.66. The molecule has 1 atom stereocenters. The van der Waals surface area contributed by atoms with Gasteiger partial charge in [-0.1, -0.05) is 30.3 Å². The monoisotopic (exact) mass is 468 g/mol. The van der Waals surface area contributed by atoms with Gasteiger partial charge in [0.05, 0.1) is 16.7 Å². The summed E-state index contributed by atoms with van der Waals surface area (Å²) in [5.74, 6) is -0.750. The topological polar surface area (TPSA) is 110 Å². The van der Waals surface area contributed by atoms with E-state index in [1.165, 1.54) is 18.4 Å². The lowest BCUT2D eigenvalue weighted by molar-refractivity contribution is -0.118. The number of para-hydroxylation sites is 3. The first-order valence-corrected chi connectivity index (χ1v) is 11.1. The summed E-state index contributed by atoms with van der Waals surface area (Å²) in [6.45, 7) is 4.49. The maximum absolute atomic E-state index is 13.7. The van der Waals surface area contributed by atoms with Gasteiger partial charge in [0, 0.05) is 23.7 Å². The van der Waals surface area contributed by atoms with E-state index in [1.54, 1.807) is 79.7 Å². The van der Waals surface area contributed by atoms with E-state index >= 15 is 0 Å². The first-order chi connectivity index (χ1) is 16.8. The van der Waals surface area contributed by atoms with Crippen LogP contribution in [0.4, 0.5) is 11.4 Å². The van der Waals surface area contributed by atoms with E-state index in [0.717, 1.165) is 0 Å². The number of nitrogens with one attached hydrogen (secondary N) is 2. The molecular formula is C27H24N4O4. The van der Waals surface area contributed by atoms with Gasteiger partial charge in [0.15, 0.2) is 5.78 Å². The highest BCUT2D eigenvalue weighted by Crippen LogP contribution is 2.27. The zero-order valence-corrected chi connectivity index (χ0v) is 19.5. The SMILES string of the molecule is CC(=O)Nc1ccccc1-c1nc2ccccc2n([C@@H](C)C(=O)Nc2ccc(C(C)=O)cc2)c1=O. The van der Waals surface area contributed by atoms with Crippen molar-refractivity contribution in [3.05, 3.63) is 88.7 Å². The first kappa shape index (κ1) is 23.6. The number of ketones is 1. The van der Waals surface area contributed by atoms with Crippen molar-refractivity contribution in [2.75, 3.05) is 10.6 Å². The van der Waals surface area contributed by atoms with E-state index in [4.69, 9.17) is 0 Å². The Hall–Kier alpha value is -4.59. The Morgan fingerprint density at radius 2 is 1.51 bits per heavy atom. The first-order valence-electron chi connectivity index (χ1n) is 11.1. The number of carbonyl (C=O) groups is 3. The molecule has 0 unspecified atom stereocenters. The summed E-state index contributed by atoms with van der Waals surface area (Å²) in [6.07, 6.45) is 0. The maximum Gasteiger partial charge on any atom is 0.278 e. The van der Waals surface area contributed by atoms with Crippen molar-refractivity contribution in [1.82, 2.24) is 9.55 Å². The van der Waals surface area contributed by atoms with Gasteiger partial charge in [-0.2, -0.15) is 0 Å². The molecule has 0 aliphatic heterocycles. The highest BCUT2D eigenvalue weighted by molar-refractivity contribution is 5.97. The zero-order valence-electron chi connectivity index (χ0n) is 19.5. The normalized spacial score (nSPS) is 11.6. The Balaban J connectivity index is 1.79. The molecule has 1 heterocycles. The van der Waals surface area contributed by atoms with Crippen LogP contribution < -0.4 is 16.2 Å². The summed E-state index contributed by atoms with van der Waals surface area (Å²) in [7, 11) is 0. The molecule has 0 saturated carbocycles. The highest BCUT2D eigenvalue weighted by Gasteiger charge is 2.23. The number of Topliss-reactive ketones (excluding diaryl/α,β-unsaturated/α-hetero) is 1. The maximum atomic E-state index is 13.7. The molecule has 4 aromatic rings. The van der Waals surface area contributed by atoms with Gasteiger partial charge in [0.2, 0.25) is 11.8 Å². The molecule has 0 saturated heterocycles. The molecule has 0 fully saturated rings. The molecule has 1 aromatic heterocycles. The van der Waals surface area contributed by atoms with E-state index in [0.29, 0.717) is 33.5 Å². The summed E-state index contributed by atoms with van der Waals surface area (Å²) < 4.78 is 1.40.